The lowest BCUT2D eigenvalue weighted by Gasteiger charge is -2.19. The van der Waals surface area contributed by atoms with E-state index in [0.29, 0.717) is 0 Å². The zero-order valence-electron chi connectivity index (χ0n) is 5.09. The molecule has 0 aromatic heterocycles. The summed E-state index contributed by atoms with van der Waals surface area (Å²) in [6.45, 7) is 2.02. The second-order valence-electron chi connectivity index (χ2n) is 2.50. The Kier molecular flexibility index (Phi) is 1.28. The fourth-order valence-electron chi connectivity index (χ4n) is 0.744. The highest BCUT2D eigenvalue weighted by atomic mass is 14.1. The molecule has 8 heavy (non-hydrogen) atoms. The Morgan fingerprint density at radius 3 is 2.50 bits per heavy atom. The van der Waals surface area contributed by atoms with E-state index in [2.05, 4.69) is 6.08 Å². The summed E-state index contributed by atoms with van der Waals surface area (Å²) in [4.78, 5) is 0. The van der Waals surface area contributed by atoms with E-state index >= 15 is 0 Å². The molecule has 0 fully saturated rings. The highest BCUT2D eigenvalue weighted by Crippen LogP contribution is 2.29. The predicted octanol–water partition coefficient (Wildman–Crippen LogP) is 1.85. The van der Waals surface area contributed by atoms with Crippen LogP contribution in [0.5, 0.6) is 0 Å². The molecule has 1 atom stereocenters. The molecule has 0 amide bonds. The maximum absolute atomic E-state index is 5.74. The van der Waals surface area contributed by atoms with E-state index < -0.39 is 0 Å². The van der Waals surface area contributed by atoms with Crippen LogP contribution in [0.2, 0.25) is 5.31 Å². The van der Waals surface area contributed by atoms with Gasteiger partial charge < -0.3 is 0 Å². The molecule has 1 aliphatic carbocycles. The topological polar surface area (TPSA) is 0 Å². The van der Waals surface area contributed by atoms with Gasteiger partial charge >= 0.3 is 0 Å². The maximum atomic E-state index is 5.74. The molecule has 0 aromatic rings. The van der Waals surface area contributed by atoms with Gasteiger partial charge in [0, 0.05) is 0 Å². The van der Waals surface area contributed by atoms with Crippen molar-refractivity contribution in [1.82, 2.24) is 0 Å². The summed E-state index contributed by atoms with van der Waals surface area (Å²) in [6, 6.07) is 0. The highest BCUT2D eigenvalue weighted by molar-refractivity contribution is 6.16. The van der Waals surface area contributed by atoms with Gasteiger partial charge in [-0.15, -0.1) is 0 Å². The van der Waals surface area contributed by atoms with Gasteiger partial charge in [0.25, 0.3) is 0 Å². The van der Waals surface area contributed by atoms with Crippen molar-refractivity contribution in [2.45, 2.75) is 18.7 Å². The second kappa shape index (κ2) is 1.81. The summed E-state index contributed by atoms with van der Waals surface area (Å²) in [5, 5.41) is -0.0885. The molecule has 1 rings (SSSR count). The van der Waals surface area contributed by atoms with Crippen LogP contribution >= 0.6 is 0 Å². The average molecular weight is 104 g/mol. The summed E-state index contributed by atoms with van der Waals surface area (Å²) < 4.78 is 0. The van der Waals surface area contributed by atoms with Crippen LogP contribution in [0.4, 0.5) is 0 Å². The predicted molar refractivity (Wildman–Crippen MR) is 37.0 cm³/mol. The molecule has 0 N–H and O–H groups in total. The van der Waals surface area contributed by atoms with Crippen molar-refractivity contribution in [1.29, 1.82) is 0 Å². The van der Waals surface area contributed by atoms with Crippen LogP contribution in [-0.4, -0.2) is 7.85 Å². The highest BCUT2D eigenvalue weighted by Gasteiger charge is 2.11. The molecule has 1 unspecified atom stereocenters. The lowest BCUT2D eigenvalue weighted by atomic mass is 9.67. The lowest BCUT2D eigenvalue weighted by molar-refractivity contribution is 0.764. The molecule has 1 aliphatic rings. The van der Waals surface area contributed by atoms with Gasteiger partial charge in [0.15, 0.2) is 0 Å². The smallest absolute Gasteiger partial charge is 0.0802 e. The van der Waals surface area contributed by atoms with Gasteiger partial charge in [0.2, 0.25) is 0 Å². The van der Waals surface area contributed by atoms with Crippen LogP contribution in [-0.2, 0) is 0 Å². The van der Waals surface area contributed by atoms with Crippen molar-refractivity contribution in [3.63, 3.8) is 0 Å². The van der Waals surface area contributed by atoms with E-state index in [1.165, 1.54) is 0 Å². The summed E-state index contributed by atoms with van der Waals surface area (Å²) in [7, 11) is 5.74. The number of hydrogen-bond donors (Lipinski definition) is 0. The summed E-state index contributed by atoms with van der Waals surface area (Å²) in [5.74, 6) is 0. The molecule has 0 aliphatic heterocycles. The lowest BCUT2D eigenvalue weighted by Crippen LogP contribution is -2.03. The van der Waals surface area contributed by atoms with E-state index in [0.717, 1.165) is 6.42 Å². The third-order valence-electron chi connectivity index (χ3n) is 1.28. The Morgan fingerprint density at radius 2 is 2.25 bits per heavy atom. The van der Waals surface area contributed by atoms with Crippen LogP contribution in [0.1, 0.15) is 13.3 Å². The zero-order valence-corrected chi connectivity index (χ0v) is 5.09. The zero-order chi connectivity index (χ0) is 6.04. The molecule has 40 valence electrons. The number of rotatable bonds is 0. The van der Waals surface area contributed by atoms with Crippen molar-refractivity contribution in [3.8, 4) is 0 Å². The first-order chi connectivity index (χ1) is 3.71. The molecule has 0 bridgehead atoms. The molecule has 1 heteroatoms. The molecular weight excluding hydrogens is 94.9 g/mol. The second-order valence-corrected chi connectivity index (χ2v) is 2.50. The first-order valence-electron chi connectivity index (χ1n) is 2.84. The molecule has 0 nitrogen and oxygen atoms in total. The molecule has 0 aromatic carbocycles. The molecule has 0 saturated heterocycles. The van der Waals surface area contributed by atoms with Gasteiger partial charge in [-0.25, -0.2) is 0 Å². The van der Waals surface area contributed by atoms with Crippen molar-refractivity contribution in [2.75, 3.05) is 0 Å². The van der Waals surface area contributed by atoms with Crippen LogP contribution in [0, 0.1) is 0 Å². The molecular formula is C7H9B. The quantitative estimate of drug-likeness (QED) is 0.411. The van der Waals surface area contributed by atoms with E-state index in [1.807, 2.05) is 25.2 Å². The normalized spacial score (nSPS) is 35.6. The van der Waals surface area contributed by atoms with Crippen LogP contribution < -0.4 is 0 Å². The van der Waals surface area contributed by atoms with Gasteiger partial charge in [-0.3, -0.25) is 0 Å². The van der Waals surface area contributed by atoms with Crippen LogP contribution in [0.3, 0.4) is 0 Å². The Labute approximate surface area is 51.7 Å². The third-order valence-corrected chi connectivity index (χ3v) is 1.28. The van der Waals surface area contributed by atoms with E-state index in [4.69, 9.17) is 7.85 Å². The molecule has 0 heterocycles. The summed E-state index contributed by atoms with van der Waals surface area (Å²) in [6.07, 6.45) is 9.08. The van der Waals surface area contributed by atoms with Crippen molar-refractivity contribution in [2.24, 2.45) is 0 Å². The monoisotopic (exact) mass is 104 g/mol. The van der Waals surface area contributed by atoms with Gasteiger partial charge in [-0.1, -0.05) is 31.2 Å². The largest absolute Gasteiger partial charge is 0.0871 e. The molecule has 0 spiro atoms. The number of allylic oxidation sites excluding steroid dienone is 4. The third kappa shape index (κ3) is 1.26. The fourth-order valence-corrected chi connectivity index (χ4v) is 0.744. The van der Waals surface area contributed by atoms with Gasteiger partial charge in [0.05, 0.1) is 7.85 Å². The summed E-state index contributed by atoms with van der Waals surface area (Å²) in [5.41, 5.74) is 0. The van der Waals surface area contributed by atoms with E-state index in [1.54, 1.807) is 0 Å². The van der Waals surface area contributed by atoms with Crippen LogP contribution in [0.25, 0.3) is 0 Å². The first-order valence-corrected chi connectivity index (χ1v) is 2.84. The Hall–Kier alpha value is -0.455. The van der Waals surface area contributed by atoms with Gasteiger partial charge in [0.1, 0.15) is 0 Å². The molecule has 2 radical (unpaired) electrons. The Balaban J connectivity index is 2.65. The van der Waals surface area contributed by atoms with Crippen molar-refractivity contribution < 1.29 is 0 Å². The minimum Gasteiger partial charge on any atom is -0.0871 e. The Morgan fingerprint density at radius 1 is 1.50 bits per heavy atom. The first kappa shape index (κ1) is 5.68. The number of hydrogen-bond acceptors (Lipinski definition) is 0. The molecule has 0 saturated carbocycles. The minimum absolute atomic E-state index is 0.0885. The standard InChI is InChI=1S/C7H9B/c1-7(8)5-3-2-4-6-7/h2-5H,6H2,1H3. The van der Waals surface area contributed by atoms with Crippen LogP contribution in [0.15, 0.2) is 24.3 Å². The average Bonchev–Trinajstić information content (AvgIpc) is 1.65. The van der Waals surface area contributed by atoms with Gasteiger partial charge in [-0.05, 0) is 11.7 Å². The van der Waals surface area contributed by atoms with Crippen molar-refractivity contribution >= 4 is 7.85 Å². The van der Waals surface area contributed by atoms with E-state index in [-0.39, 0.29) is 5.31 Å². The maximum Gasteiger partial charge on any atom is 0.0802 e. The minimum atomic E-state index is -0.0885. The Bertz CT molecular complexity index is 131. The SMILES string of the molecule is [B]C1(C)C=CC=CC1. The summed E-state index contributed by atoms with van der Waals surface area (Å²) >= 11 is 0. The van der Waals surface area contributed by atoms with Crippen molar-refractivity contribution in [3.05, 3.63) is 24.3 Å². The van der Waals surface area contributed by atoms with Gasteiger partial charge in [-0.2, -0.15) is 0 Å². The van der Waals surface area contributed by atoms with E-state index in [9.17, 15) is 0 Å². The fraction of sp³-hybridized carbons (Fsp3) is 0.429.